The Morgan fingerprint density at radius 3 is 2.31 bits per heavy atom. The first-order chi connectivity index (χ1) is 12.1. The molecule has 4 nitrogen and oxygen atoms in total. The summed E-state index contributed by atoms with van der Waals surface area (Å²) in [5.74, 6) is -2.35. The van der Waals surface area contributed by atoms with Crippen LogP contribution in [0.2, 0.25) is 5.02 Å². The number of alkyl halides is 3. The third-order valence-electron chi connectivity index (χ3n) is 5.75. The van der Waals surface area contributed by atoms with Crippen LogP contribution in [0.5, 0.6) is 0 Å². The third kappa shape index (κ3) is 2.86. The molecule has 1 heterocycles. The summed E-state index contributed by atoms with van der Waals surface area (Å²) in [6.45, 7) is -1.06. The van der Waals surface area contributed by atoms with E-state index in [-0.39, 0.29) is 6.54 Å². The molecule has 1 unspecified atom stereocenters. The highest BCUT2D eigenvalue weighted by molar-refractivity contribution is 6.30. The van der Waals surface area contributed by atoms with E-state index in [1.165, 1.54) is 0 Å². The van der Waals surface area contributed by atoms with Gasteiger partial charge in [-0.15, -0.1) is 0 Å². The maximum absolute atomic E-state index is 13.4. The van der Waals surface area contributed by atoms with Crippen molar-refractivity contribution in [1.29, 1.82) is 0 Å². The largest absolute Gasteiger partial charge is 0.481 e. The fourth-order valence-corrected chi connectivity index (χ4v) is 4.39. The predicted octanol–water partition coefficient (Wildman–Crippen LogP) is 4.02. The van der Waals surface area contributed by atoms with E-state index in [0.717, 1.165) is 17.7 Å². The second-order valence-corrected chi connectivity index (χ2v) is 7.60. The molecule has 1 atom stereocenters. The SMILES string of the molecule is O=C(N1CCC(C(=O)O)(C(F)(F)F)C1)C1(c2cccc(Cl)c2)CCCC1. The Bertz CT molecular complexity index is 731. The van der Waals surface area contributed by atoms with Gasteiger partial charge in [-0.05, 0) is 37.0 Å². The quantitative estimate of drug-likeness (QED) is 0.849. The highest BCUT2D eigenvalue weighted by Gasteiger charge is 2.65. The number of benzene rings is 1. The Kier molecular flexibility index (Phi) is 4.71. The van der Waals surface area contributed by atoms with Gasteiger partial charge in [0.15, 0.2) is 5.41 Å². The van der Waals surface area contributed by atoms with E-state index in [1.54, 1.807) is 24.3 Å². The van der Waals surface area contributed by atoms with Crippen LogP contribution in [0.3, 0.4) is 0 Å². The highest BCUT2D eigenvalue weighted by atomic mass is 35.5. The minimum Gasteiger partial charge on any atom is -0.481 e. The lowest BCUT2D eigenvalue weighted by Gasteiger charge is -2.34. The van der Waals surface area contributed by atoms with Crippen LogP contribution in [0, 0.1) is 5.41 Å². The van der Waals surface area contributed by atoms with Gasteiger partial charge in [-0.2, -0.15) is 13.2 Å². The van der Waals surface area contributed by atoms with Crippen LogP contribution in [0.4, 0.5) is 13.2 Å². The standard InChI is InChI=1S/C18H19ClF3NO3/c19-13-5-3-4-12(10-13)16(6-1-2-7-16)14(24)23-9-8-17(11-23,15(25)26)18(20,21)22/h3-5,10H,1-2,6-9,11H2,(H,25,26). The Hall–Kier alpha value is -1.76. The molecule has 0 spiro atoms. The molecule has 1 N–H and O–H groups in total. The van der Waals surface area contributed by atoms with Crippen molar-refractivity contribution in [3.63, 3.8) is 0 Å². The lowest BCUT2D eigenvalue weighted by atomic mass is 9.77. The van der Waals surface area contributed by atoms with Gasteiger partial charge in [0.25, 0.3) is 0 Å². The molecule has 8 heteroatoms. The number of aliphatic carboxylic acids is 1. The van der Waals surface area contributed by atoms with Crippen LogP contribution in [0.15, 0.2) is 24.3 Å². The van der Waals surface area contributed by atoms with Gasteiger partial charge in [0.2, 0.25) is 5.91 Å². The topological polar surface area (TPSA) is 57.6 Å². The Balaban J connectivity index is 1.94. The number of carboxylic acid groups (broad SMARTS) is 1. The van der Waals surface area contributed by atoms with E-state index in [2.05, 4.69) is 0 Å². The van der Waals surface area contributed by atoms with Crippen molar-refractivity contribution in [3.05, 3.63) is 34.9 Å². The van der Waals surface area contributed by atoms with Crippen LogP contribution >= 0.6 is 11.6 Å². The zero-order valence-electron chi connectivity index (χ0n) is 14.0. The molecule has 1 amide bonds. The average molecular weight is 390 g/mol. The van der Waals surface area contributed by atoms with Crippen molar-refractivity contribution in [2.45, 2.75) is 43.7 Å². The molecule has 1 aromatic carbocycles. The summed E-state index contributed by atoms with van der Waals surface area (Å²) in [7, 11) is 0. The van der Waals surface area contributed by atoms with E-state index in [4.69, 9.17) is 11.6 Å². The number of hydrogen-bond donors (Lipinski definition) is 1. The van der Waals surface area contributed by atoms with E-state index in [9.17, 15) is 27.9 Å². The molecule has 1 aromatic rings. The van der Waals surface area contributed by atoms with Crippen molar-refractivity contribution in [1.82, 2.24) is 4.90 Å². The summed E-state index contributed by atoms with van der Waals surface area (Å²) in [6, 6.07) is 6.83. The molecule has 0 aromatic heterocycles. The third-order valence-corrected chi connectivity index (χ3v) is 5.99. The first-order valence-electron chi connectivity index (χ1n) is 8.48. The number of carbonyl (C=O) groups is 2. The van der Waals surface area contributed by atoms with E-state index in [1.807, 2.05) is 0 Å². The lowest BCUT2D eigenvalue weighted by Crippen LogP contribution is -2.50. The van der Waals surface area contributed by atoms with Gasteiger partial charge in [0.05, 0.1) is 5.41 Å². The molecule has 1 aliphatic heterocycles. The van der Waals surface area contributed by atoms with Gasteiger partial charge < -0.3 is 10.0 Å². The van der Waals surface area contributed by atoms with Crippen molar-refractivity contribution < 1.29 is 27.9 Å². The molecule has 26 heavy (non-hydrogen) atoms. The van der Waals surface area contributed by atoms with Gasteiger partial charge in [-0.3, -0.25) is 9.59 Å². The molecule has 1 aliphatic carbocycles. The van der Waals surface area contributed by atoms with Crippen LogP contribution in [-0.2, 0) is 15.0 Å². The average Bonchev–Trinajstić information content (AvgIpc) is 3.22. The zero-order valence-corrected chi connectivity index (χ0v) is 14.7. The molecule has 0 bridgehead atoms. The van der Waals surface area contributed by atoms with Gasteiger partial charge in [-0.25, -0.2) is 0 Å². The van der Waals surface area contributed by atoms with Crippen molar-refractivity contribution >= 4 is 23.5 Å². The van der Waals surface area contributed by atoms with Crippen molar-refractivity contribution in [2.24, 2.45) is 5.41 Å². The van der Waals surface area contributed by atoms with Crippen molar-refractivity contribution in [2.75, 3.05) is 13.1 Å². The molecule has 2 aliphatic rings. The second-order valence-electron chi connectivity index (χ2n) is 7.16. The lowest BCUT2D eigenvalue weighted by molar-refractivity contribution is -0.227. The molecule has 142 valence electrons. The number of amides is 1. The first kappa shape index (κ1) is 19.0. The molecular formula is C18H19ClF3NO3. The van der Waals surface area contributed by atoms with E-state index >= 15 is 0 Å². The second kappa shape index (κ2) is 6.44. The molecular weight excluding hydrogens is 371 g/mol. The first-order valence-corrected chi connectivity index (χ1v) is 8.86. The van der Waals surface area contributed by atoms with Gasteiger partial charge in [0, 0.05) is 18.1 Å². The molecule has 1 saturated carbocycles. The minimum absolute atomic E-state index is 0.215. The number of carboxylic acids is 1. The van der Waals surface area contributed by atoms with Crippen LogP contribution in [0.1, 0.15) is 37.7 Å². The van der Waals surface area contributed by atoms with Crippen LogP contribution in [-0.4, -0.2) is 41.1 Å². The minimum atomic E-state index is -4.91. The molecule has 2 fully saturated rings. The number of carbonyl (C=O) groups excluding carboxylic acids is 1. The summed E-state index contributed by atoms with van der Waals surface area (Å²) in [5, 5.41) is 9.66. The predicted molar refractivity (Wildman–Crippen MR) is 88.9 cm³/mol. The normalized spacial score (nSPS) is 25.5. The number of hydrogen-bond acceptors (Lipinski definition) is 2. The Morgan fingerprint density at radius 2 is 1.81 bits per heavy atom. The fourth-order valence-electron chi connectivity index (χ4n) is 4.20. The summed E-state index contributed by atoms with van der Waals surface area (Å²) in [6.07, 6.45) is -2.91. The summed E-state index contributed by atoms with van der Waals surface area (Å²) >= 11 is 6.04. The van der Waals surface area contributed by atoms with Gasteiger partial charge in [0.1, 0.15) is 0 Å². The maximum Gasteiger partial charge on any atom is 0.406 e. The van der Waals surface area contributed by atoms with Crippen molar-refractivity contribution in [3.8, 4) is 0 Å². The number of halogens is 4. The number of rotatable bonds is 3. The van der Waals surface area contributed by atoms with Gasteiger partial charge in [-0.1, -0.05) is 36.6 Å². The van der Waals surface area contributed by atoms with Crippen LogP contribution < -0.4 is 0 Å². The summed E-state index contributed by atoms with van der Waals surface area (Å²) in [4.78, 5) is 25.7. The van der Waals surface area contributed by atoms with E-state index in [0.29, 0.717) is 23.4 Å². The number of nitrogens with zero attached hydrogens (tertiary/aromatic N) is 1. The van der Waals surface area contributed by atoms with E-state index < -0.39 is 41.8 Å². The Labute approximate surface area is 153 Å². The maximum atomic E-state index is 13.4. The molecule has 0 radical (unpaired) electrons. The van der Waals surface area contributed by atoms with Gasteiger partial charge >= 0.3 is 12.1 Å². The van der Waals surface area contributed by atoms with Crippen LogP contribution in [0.25, 0.3) is 0 Å². The Morgan fingerprint density at radius 1 is 1.15 bits per heavy atom. The zero-order chi connectivity index (χ0) is 19.2. The monoisotopic (exact) mass is 389 g/mol. The summed E-state index contributed by atoms with van der Waals surface area (Å²) in [5.41, 5.74) is -3.13. The molecule has 1 saturated heterocycles. The smallest absolute Gasteiger partial charge is 0.406 e. The summed E-state index contributed by atoms with van der Waals surface area (Å²) < 4.78 is 40.2. The highest BCUT2D eigenvalue weighted by Crippen LogP contribution is 2.49. The molecule has 3 rings (SSSR count). The fraction of sp³-hybridized carbons (Fsp3) is 0.556. The number of likely N-dealkylation sites (tertiary alicyclic amines) is 1.